The van der Waals surface area contributed by atoms with E-state index in [0.29, 0.717) is 16.2 Å². The molecule has 0 bridgehead atoms. The Morgan fingerprint density at radius 3 is 2.52 bits per heavy atom. The van der Waals surface area contributed by atoms with E-state index in [2.05, 4.69) is 4.98 Å². The van der Waals surface area contributed by atoms with Crippen molar-refractivity contribution in [2.75, 3.05) is 0 Å². The number of alkyl halides is 3. The predicted molar refractivity (Wildman–Crippen MR) is 73.9 cm³/mol. The Labute approximate surface area is 121 Å². The summed E-state index contributed by atoms with van der Waals surface area (Å²) in [4.78, 5) is 14.4. The van der Waals surface area contributed by atoms with Gasteiger partial charge < -0.3 is 4.98 Å². The van der Waals surface area contributed by atoms with Crippen LogP contribution in [0.4, 0.5) is 13.2 Å². The standard InChI is InChI=1S/C14H8ClF3N2O/c15-9-2-1-3-10(7-9)20-12-5-4-8(14(16,17)18)6-11(12)19-13(20)21/h1-7H,(H,19,21). The minimum Gasteiger partial charge on any atom is -0.305 e. The molecule has 2 aromatic carbocycles. The minimum absolute atomic E-state index is 0.120. The molecule has 3 aromatic rings. The molecular formula is C14H8ClF3N2O. The highest BCUT2D eigenvalue weighted by atomic mass is 35.5. The number of imidazole rings is 1. The van der Waals surface area contributed by atoms with Crippen molar-refractivity contribution in [2.45, 2.75) is 6.18 Å². The number of H-pyrrole nitrogens is 1. The number of benzene rings is 2. The lowest BCUT2D eigenvalue weighted by Crippen LogP contribution is -2.14. The fourth-order valence-corrected chi connectivity index (χ4v) is 2.34. The molecule has 0 atom stereocenters. The van der Waals surface area contributed by atoms with E-state index in [1.807, 2.05) is 0 Å². The largest absolute Gasteiger partial charge is 0.416 e. The lowest BCUT2D eigenvalue weighted by molar-refractivity contribution is -0.137. The predicted octanol–water partition coefficient (Wildman–Crippen LogP) is 3.99. The first-order valence-corrected chi connectivity index (χ1v) is 6.32. The Balaban J connectivity index is 2.26. The maximum atomic E-state index is 12.7. The molecule has 0 radical (unpaired) electrons. The molecule has 0 aliphatic heterocycles. The minimum atomic E-state index is -4.46. The summed E-state index contributed by atoms with van der Waals surface area (Å²) >= 11 is 5.88. The molecular weight excluding hydrogens is 305 g/mol. The van der Waals surface area contributed by atoms with Crippen LogP contribution < -0.4 is 5.69 Å². The molecule has 3 rings (SSSR count). The zero-order valence-electron chi connectivity index (χ0n) is 10.4. The molecule has 0 saturated heterocycles. The van der Waals surface area contributed by atoms with Gasteiger partial charge in [0, 0.05) is 5.02 Å². The van der Waals surface area contributed by atoms with Gasteiger partial charge in [-0.05, 0) is 36.4 Å². The number of nitrogens with zero attached hydrogens (tertiary/aromatic N) is 1. The van der Waals surface area contributed by atoms with Crippen molar-refractivity contribution in [1.29, 1.82) is 0 Å². The second-order valence-electron chi connectivity index (χ2n) is 4.48. The number of rotatable bonds is 1. The van der Waals surface area contributed by atoms with Crippen molar-refractivity contribution < 1.29 is 13.2 Å². The zero-order chi connectivity index (χ0) is 15.2. The Morgan fingerprint density at radius 1 is 1.10 bits per heavy atom. The number of aromatic amines is 1. The van der Waals surface area contributed by atoms with Gasteiger partial charge in [0.15, 0.2) is 0 Å². The Bertz CT molecular complexity index is 880. The number of hydrogen-bond acceptors (Lipinski definition) is 1. The third-order valence-electron chi connectivity index (χ3n) is 3.08. The van der Waals surface area contributed by atoms with Gasteiger partial charge in [-0.1, -0.05) is 17.7 Å². The number of halogens is 4. The molecule has 1 aromatic heterocycles. The monoisotopic (exact) mass is 312 g/mol. The first-order valence-electron chi connectivity index (χ1n) is 5.94. The van der Waals surface area contributed by atoms with E-state index in [-0.39, 0.29) is 5.52 Å². The average Bonchev–Trinajstić information content (AvgIpc) is 2.72. The van der Waals surface area contributed by atoms with Gasteiger partial charge in [-0.3, -0.25) is 4.57 Å². The van der Waals surface area contributed by atoms with Crippen LogP contribution in [0.2, 0.25) is 5.02 Å². The van der Waals surface area contributed by atoms with Crippen LogP contribution in [0.15, 0.2) is 47.3 Å². The van der Waals surface area contributed by atoms with Crippen LogP contribution in [-0.2, 0) is 6.18 Å². The Morgan fingerprint density at radius 2 is 1.86 bits per heavy atom. The van der Waals surface area contributed by atoms with Crippen LogP contribution in [0, 0.1) is 0 Å². The van der Waals surface area contributed by atoms with E-state index < -0.39 is 17.4 Å². The third-order valence-corrected chi connectivity index (χ3v) is 3.31. The molecule has 0 amide bonds. The van der Waals surface area contributed by atoms with E-state index in [1.54, 1.807) is 24.3 Å². The van der Waals surface area contributed by atoms with E-state index in [9.17, 15) is 18.0 Å². The molecule has 0 fully saturated rings. The van der Waals surface area contributed by atoms with Gasteiger partial charge in [-0.25, -0.2) is 4.79 Å². The van der Waals surface area contributed by atoms with Crippen LogP contribution >= 0.6 is 11.6 Å². The van der Waals surface area contributed by atoms with Crippen molar-refractivity contribution in [3.8, 4) is 5.69 Å². The molecule has 0 spiro atoms. The Hall–Kier alpha value is -2.21. The molecule has 0 aliphatic rings. The van der Waals surface area contributed by atoms with Crippen molar-refractivity contribution in [3.63, 3.8) is 0 Å². The lowest BCUT2D eigenvalue weighted by atomic mass is 10.2. The summed E-state index contributed by atoms with van der Waals surface area (Å²) in [6.45, 7) is 0. The quantitative estimate of drug-likeness (QED) is 0.725. The maximum absolute atomic E-state index is 12.7. The summed E-state index contributed by atoms with van der Waals surface area (Å²) < 4.78 is 39.3. The highest BCUT2D eigenvalue weighted by Crippen LogP contribution is 2.31. The van der Waals surface area contributed by atoms with Crippen LogP contribution in [0.3, 0.4) is 0 Å². The van der Waals surface area contributed by atoms with E-state index in [4.69, 9.17) is 11.6 Å². The average molecular weight is 313 g/mol. The molecule has 1 N–H and O–H groups in total. The summed E-state index contributed by atoms with van der Waals surface area (Å²) in [6, 6.07) is 9.64. The normalized spacial score (nSPS) is 12.0. The summed E-state index contributed by atoms with van der Waals surface area (Å²) in [5.74, 6) is 0. The van der Waals surface area contributed by atoms with Crippen molar-refractivity contribution in [1.82, 2.24) is 9.55 Å². The summed E-state index contributed by atoms with van der Waals surface area (Å²) in [5.41, 5.74) is -0.371. The van der Waals surface area contributed by atoms with Gasteiger partial charge in [0.05, 0.1) is 22.3 Å². The van der Waals surface area contributed by atoms with Crippen LogP contribution in [0.25, 0.3) is 16.7 Å². The molecule has 0 unspecified atom stereocenters. The first kappa shape index (κ1) is 13.8. The van der Waals surface area contributed by atoms with Gasteiger partial charge in [-0.2, -0.15) is 13.2 Å². The molecule has 0 aliphatic carbocycles. The topological polar surface area (TPSA) is 37.8 Å². The lowest BCUT2D eigenvalue weighted by Gasteiger charge is -2.07. The van der Waals surface area contributed by atoms with Gasteiger partial charge >= 0.3 is 11.9 Å². The molecule has 0 saturated carbocycles. The molecule has 3 nitrogen and oxygen atoms in total. The molecule has 7 heteroatoms. The van der Waals surface area contributed by atoms with Crippen LogP contribution in [0.5, 0.6) is 0 Å². The molecule has 108 valence electrons. The number of fused-ring (bicyclic) bond motifs is 1. The fraction of sp³-hybridized carbons (Fsp3) is 0.0714. The van der Waals surface area contributed by atoms with Gasteiger partial charge in [0.2, 0.25) is 0 Å². The third kappa shape index (κ3) is 2.42. The highest BCUT2D eigenvalue weighted by molar-refractivity contribution is 6.30. The molecule has 1 heterocycles. The summed E-state index contributed by atoms with van der Waals surface area (Å²) in [7, 11) is 0. The fourth-order valence-electron chi connectivity index (χ4n) is 2.16. The van der Waals surface area contributed by atoms with Gasteiger partial charge in [0.1, 0.15) is 0 Å². The zero-order valence-corrected chi connectivity index (χ0v) is 11.2. The Kier molecular flexibility index (Phi) is 3.06. The smallest absolute Gasteiger partial charge is 0.305 e. The number of nitrogens with one attached hydrogen (secondary N) is 1. The van der Waals surface area contributed by atoms with Crippen molar-refractivity contribution in [2.24, 2.45) is 0 Å². The second-order valence-corrected chi connectivity index (χ2v) is 4.91. The first-order chi connectivity index (χ1) is 9.86. The number of hydrogen-bond donors (Lipinski definition) is 1. The van der Waals surface area contributed by atoms with Crippen molar-refractivity contribution in [3.05, 3.63) is 63.5 Å². The van der Waals surface area contributed by atoms with E-state index in [1.165, 1.54) is 10.6 Å². The summed E-state index contributed by atoms with van der Waals surface area (Å²) in [6.07, 6.45) is -4.46. The SMILES string of the molecule is O=c1[nH]c2cc(C(F)(F)F)ccc2n1-c1cccc(Cl)c1. The maximum Gasteiger partial charge on any atom is 0.416 e. The van der Waals surface area contributed by atoms with Gasteiger partial charge in [0.25, 0.3) is 0 Å². The van der Waals surface area contributed by atoms with E-state index in [0.717, 1.165) is 12.1 Å². The van der Waals surface area contributed by atoms with E-state index >= 15 is 0 Å². The molecule has 21 heavy (non-hydrogen) atoms. The van der Waals surface area contributed by atoms with Crippen LogP contribution in [-0.4, -0.2) is 9.55 Å². The van der Waals surface area contributed by atoms with Crippen LogP contribution in [0.1, 0.15) is 5.56 Å². The van der Waals surface area contributed by atoms with Gasteiger partial charge in [-0.15, -0.1) is 0 Å². The number of aromatic nitrogens is 2. The highest BCUT2D eigenvalue weighted by Gasteiger charge is 2.30. The van der Waals surface area contributed by atoms with Crippen molar-refractivity contribution >= 4 is 22.6 Å². The second kappa shape index (κ2) is 4.66. The summed E-state index contributed by atoms with van der Waals surface area (Å²) in [5, 5.41) is 0.431.